The van der Waals surface area contributed by atoms with Crippen LogP contribution < -0.4 is 5.32 Å². The zero-order valence-electron chi connectivity index (χ0n) is 14.6. The number of sulfonamides is 1. The van der Waals surface area contributed by atoms with E-state index in [1.165, 1.54) is 22.9 Å². The van der Waals surface area contributed by atoms with Gasteiger partial charge >= 0.3 is 0 Å². The van der Waals surface area contributed by atoms with Gasteiger partial charge in [0.05, 0.1) is 30.2 Å². The summed E-state index contributed by atoms with van der Waals surface area (Å²) in [4.78, 5) is 19.9. The molecule has 0 radical (unpaired) electrons. The molecule has 1 N–H and O–H groups in total. The number of amides is 1. The smallest absolute Gasteiger partial charge is 0.271 e. The monoisotopic (exact) mass is 378 g/mol. The molecule has 0 aromatic carbocycles. The Morgan fingerprint density at radius 1 is 1.35 bits per heavy atom. The molecule has 1 aliphatic rings. The van der Waals surface area contributed by atoms with Gasteiger partial charge in [0.1, 0.15) is 5.69 Å². The Kier molecular flexibility index (Phi) is 5.62. The second kappa shape index (κ2) is 7.92. The Balaban J connectivity index is 1.64. The highest BCUT2D eigenvalue weighted by Crippen LogP contribution is 2.25. The summed E-state index contributed by atoms with van der Waals surface area (Å²) in [5, 5.41) is 7.11. The van der Waals surface area contributed by atoms with Crippen LogP contribution in [0.4, 0.5) is 0 Å². The first-order chi connectivity index (χ1) is 12.5. The average Bonchev–Trinajstić information content (AvgIpc) is 3.11. The first-order valence-electron chi connectivity index (χ1n) is 8.55. The maximum Gasteiger partial charge on any atom is 0.271 e. The van der Waals surface area contributed by atoms with Gasteiger partial charge in [-0.3, -0.25) is 14.5 Å². The predicted molar refractivity (Wildman–Crippen MR) is 94.7 cm³/mol. The van der Waals surface area contributed by atoms with Crippen molar-refractivity contribution < 1.29 is 13.2 Å². The molecule has 0 saturated heterocycles. The highest BCUT2D eigenvalue weighted by atomic mass is 32.2. The number of nitrogens with one attached hydrogen (secondary N) is 1. The molecule has 1 atom stereocenters. The first-order valence-corrected chi connectivity index (χ1v) is 10.2. The maximum atomic E-state index is 12.4. The van der Waals surface area contributed by atoms with E-state index in [-0.39, 0.29) is 23.4 Å². The van der Waals surface area contributed by atoms with Gasteiger partial charge in [0.2, 0.25) is 10.0 Å². The minimum Gasteiger partial charge on any atom is -0.351 e. The van der Waals surface area contributed by atoms with Crippen LogP contribution in [-0.4, -0.2) is 57.2 Å². The maximum absolute atomic E-state index is 12.4. The highest BCUT2D eigenvalue weighted by Gasteiger charge is 2.32. The molecule has 1 unspecified atom stereocenters. The van der Waals surface area contributed by atoms with Gasteiger partial charge in [0, 0.05) is 31.7 Å². The lowest BCUT2D eigenvalue weighted by Crippen LogP contribution is -2.43. The van der Waals surface area contributed by atoms with E-state index in [1.807, 2.05) is 17.7 Å². The van der Waals surface area contributed by atoms with Crippen molar-refractivity contribution in [3.05, 3.63) is 42.2 Å². The Hall–Kier alpha value is -2.33. The molecule has 0 saturated carbocycles. The van der Waals surface area contributed by atoms with Gasteiger partial charge in [0.25, 0.3) is 5.91 Å². The van der Waals surface area contributed by atoms with Crippen molar-refractivity contribution in [3.8, 4) is 0 Å². The van der Waals surface area contributed by atoms with Crippen LogP contribution in [0.5, 0.6) is 0 Å². The van der Waals surface area contributed by atoms with Crippen LogP contribution in [0.25, 0.3) is 0 Å². The van der Waals surface area contributed by atoms with Crippen molar-refractivity contribution >= 4 is 15.9 Å². The summed E-state index contributed by atoms with van der Waals surface area (Å²) in [7, 11) is -3.28. The van der Waals surface area contributed by atoms with Gasteiger partial charge in [-0.15, -0.1) is 0 Å². The Labute approximate surface area is 152 Å². The molecule has 1 aliphatic heterocycles. The predicted octanol–water partition coefficient (Wildman–Crippen LogP) is 0.590. The van der Waals surface area contributed by atoms with Crippen LogP contribution in [0.1, 0.15) is 42.0 Å². The second-order valence-electron chi connectivity index (χ2n) is 6.16. The van der Waals surface area contributed by atoms with Crippen LogP contribution in [0, 0.1) is 0 Å². The van der Waals surface area contributed by atoms with Crippen molar-refractivity contribution in [3.63, 3.8) is 0 Å². The molecular weight excluding hydrogens is 356 g/mol. The Bertz CT molecular complexity index is 852. The van der Waals surface area contributed by atoms with Crippen LogP contribution in [0.2, 0.25) is 0 Å². The summed E-state index contributed by atoms with van der Waals surface area (Å²) in [5.74, 6) is -0.165. The zero-order chi connectivity index (χ0) is 18.6. The van der Waals surface area contributed by atoms with Gasteiger partial charge in [-0.25, -0.2) is 13.4 Å². The van der Waals surface area contributed by atoms with Crippen molar-refractivity contribution in [2.45, 2.75) is 32.4 Å². The number of hydrogen-bond acceptors (Lipinski definition) is 6. The lowest BCUT2D eigenvalue weighted by Gasteiger charge is -2.33. The molecule has 2 aromatic heterocycles. The topological polar surface area (TPSA) is 110 Å². The number of aromatic nitrogens is 4. The molecule has 3 rings (SSSR count). The molecule has 26 heavy (non-hydrogen) atoms. The molecule has 0 bridgehead atoms. The van der Waals surface area contributed by atoms with Crippen LogP contribution in [0.15, 0.2) is 30.9 Å². The summed E-state index contributed by atoms with van der Waals surface area (Å²) in [6.07, 6.45) is 7.19. The Morgan fingerprint density at radius 3 is 2.92 bits per heavy atom. The summed E-state index contributed by atoms with van der Waals surface area (Å²) in [6.45, 7) is 2.94. The van der Waals surface area contributed by atoms with Gasteiger partial charge in [-0.2, -0.15) is 9.40 Å². The SMILES string of the molecule is CCCS(=O)(=O)N1Cc2ccnn2C(CCNC(=O)c2cnccn2)C1. The van der Waals surface area contributed by atoms with Crippen LogP contribution >= 0.6 is 0 Å². The molecule has 9 nitrogen and oxygen atoms in total. The standard InChI is InChI=1S/C16H22N6O3S/c1-2-9-26(24,25)21-11-13(22-14(12-21)4-6-20-22)3-5-19-16(23)15-10-17-7-8-18-15/h4,6-8,10,13H,2-3,5,9,11-12H2,1H3,(H,19,23). The lowest BCUT2D eigenvalue weighted by atomic mass is 10.1. The summed E-state index contributed by atoms with van der Waals surface area (Å²) in [5.41, 5.74) is 1.12. The van der Waals surface area contributed by atoms with Gasteiger partial charge < -0.3 is 5.32 Å². The summed E-state index contributed by atoms with van der Waals surface area (Å²) in [6, 6.07) is 1.71. The fraction of sp³-hybridized carbons (Fsp3) is 0.500. The molecule has 3 heterocycles. The van der Waals surface area contributed by atoms with Gasteiger partial charge in [-0.05, 0) is 18.9 Å². The number of hydrogen-bond donors (Lipinski definition) is 1. The molecule has 1 amide bonds. The van der Waals surface area contributed by atoms with Crippen LogP contribution in [-0.2, 0) is 16.6 Å². The quantitative estimate of drug-likeness (QED) is 0.755. The highest BCUT2D eigenvalue weighted by molar-refractivity contribution is 7.89. The minimum absolute atomic E-state index is 0.123. The van der Waals surface area contributed by atoms with Crippen molar-refractivity contribution in [2.24, 2.45) is 0 Å². The largest absolute Gasteiger partial charge is 0.351 e. The van der Waals surface area contributed by atoms with Gasteiger partial charge in [0.15, 0.2) is 0 Å². The van der Waals surface area contributed by atoms with E-state index in [0.717, 1.165) is 5.69 Å². The average molecular weight is 378 g/mol. The molecule has 0 aliphatic carbocycles. The second-order valence-corrected chi connectivity index (χ2v) is 8.25. The Morgan fingerprint density at radius 2 is 2.19 bits per heavy atom. The fourth-order valence-corrected chi connectivity index (χ4v) is 4.53. The van der Waals surface area contributed by atoms with E-state index in [2.05, 4.69) is 20.4 Å². The van der Waals surface area contributed by atoms with Crippen LogP contribution in [0.3, 0.4) is 0 Å². The van der Waals surface area contributed by atoms with Gasteiger partial charge in [-0.1, -0.05) is 6.92 Å². The number of fused-ring (bicyclic) bond motifs is 1. The zero-order valence-corrected chi connectivity index (χ0v) is 15.4. The van der Waals surface area contributed by atoms with Crippen molar-refractivity contribution in [2.75, 3.05) is 18.8 Å². The molecule has 10 heteroatoms. The third-order valence-electron chi connectivity index (χ3n) is 4.27. The summed E-state index contributed by atoms with van der Waals surface area (Å²) >= 11 is 0. The van der Waals surface area contributed by atoms with E-state index in [4.69, 9.17) is 0 Å². The molecule has 140 valence electrons. The third kappa shape index (κ3) is 4.07. The van der Waals surface area contributed by atoms with E-state index in [1.54, 1.807) is 6.20 Å². The van der Waals surface area contributed by atoms with Crippen molar-refractivity contribution in [1.82, 2.24) is 29.4 Å². The minimum atomic E-state index is -3.28. The normalized spacial score (nSPS) is 17.7. The summed E-state index contributed by atoms with van der Waals surface area (Å²) < 4.78 is 28.3. The molecular formula is C16H22N6O3S. The number of carbonyl (C=O) groups is 1. The van der Waals surface area contributed by atoms with Crippen molar-refractivity contribution in [1.29, 1.82) is 0 Å². The molecule has 0 spiro atoms. The number of carbonyl (C=O) groups excluding carboxylic acids is 1. The lowest BCUT2D eigenvalue weighted by molar-refractivity contribution is 0.0944. The number of nitrogens with zero attached hydrogens (tertiary/aromatic N) is 5. The first kappa shape index (κ1) is 18.5. The molecule has 2 aromatic rings. The van der Waals surface area contributed by atoms with E-state index >= 15 is 0 Å². The number of rotatable bonds is 7. The molecule has 0 fully saturated rings. The van der Waals surface area contributed by atoms with E-state index in [9.17, 15) is 13.2 Å². The fourth-order valence-electron chi connectivity index (χ4n) is 3.03. The van der Waals surface area contributed by atoms with E-state index in [0.29, 0.717) is 32.5 Å². The van der Waals surface area contributed by atoms with E-state index < -0.39 is 10.0 Å². The third-order valence-corrected chi connectivity index (χ3v) is 6.25.